The van der Waals surface area contributed by atoms with E-state index in [-0.39, 0.29) is 6.42 Å². The van der Waals surface area contributed by atoms with Crippen molar-refractivity contribution in [1.29, 1.82) is 5.26 Å². The number of rotatable bonds is 6. The summed E-state index contributed by atoms with van der Waals surface area (Å²) in [6.07, 6.45) is 0.743. The van der Waals surface area contributed by atoms with E-state index in [2.05, 4.69) is 0 Å². The van der Waals surface area contributed by atoms with Gasteiger partial charge in [-0.2, -0.15) is 9.98 Å². The number of hydrogen-bond acceptors (Lipinski definition) is 4. The van der Waals surface area contributed by atoms with Crippen molar-refractivity contribution in [3.8, 4) is 6.07 Å². The highest BCUT2D eigenvalue weighted by Gasteiger charge is 2.27. The smallest absolute Gasteiger partial charge is 0.321 e. The number of aliphatic carboxylic acids is 1. The first kappa shape index (κ1) is 13.9. The predicted molar refractivity (Wildman–Crippen MR) is 53.5 cm³/mol. The van der Waals surface area contributed by atoms with Gasteiger partial charge >= 0.3 is 5.97 Å². The number of sulfonamides is 1. The fourth-order valence-electron chi connectivity index (χ4n) is 0.891. The van der Waals surface area contributed by atoms with Crippen molar-refractivity contribution in [2.75, 3.05) is 0 Å². The van der Waals surface area contributed by atoms with Crippen LogP contribution < -0.4 is 4.72 Å². The molecule has 2 atom stereocenters. The Kier molecular flexibility index (Phi) is 5.25. The topological polar surface area (TPSA) is 107 Å². The van der Waals surface area contributed by atoms with Crippen LogP contribution in [0.25, 0.3) is 0 Å². The molecule has 0 amide bonds. The molecular weight excluding hydrogens is 220 g/mol. The van der Waals surface area contributed by atoms with E-state index < -0.39 is 27.3 Å². The molecule has 0 aliphatic carbocycles. The largest absolute Gasteiger partial charge is 0.480 e. The summed E-state index contributed by atoms with van der Waals surface area (Å²) in [5, 5.41) is 15.9. The Balaban J connectivity index is 4.69. The number of carboxylic acids is 1. The lowest BCUT2D eigenvalue weighted by atomic mass is 10.2. The molecular formula is C8H14N2O4S. The SMILES string of the molecule is CCCC(NS(=O)(=O)C(C)C#N)C(=O)O. The molecule has 0 aliphatic heterocycles. The maximum Gasteiger partial charge on any atom is 0.321 e. The van der Waals surface area contributed by atoms with E-state index >= 15 is 0 Å². The van der Waals surface area contributed by atoms with Gasteiger partial charge in [0.2, 0.25) is 10.0 Å². The fourth-order valence-corrected chi connectivity index (χ4v) is 1.85. The molecule has 0 saturated carbocycles. The first-order valence-electron chi connectivity index (χ1n) is 4.48. The zero-order valence-corrected chi connectivity index (χ0v) is 9.41. The Hall–Kier alpha value is -1.13. The van der Waals surface area contributed by atoms with Gasteiger partial charge in [0.05, 0.1) is 6.07 Å². The summed E-state index contributed by atoms with van der Waals surface area (Å²) in [6, 6.07) is 0.392. The molecule has 0 spiro atoms. The number of nitrogens with one attached hydrogen (secondary N) is 1. The molecule has 0 aromatic heterocycles. The molecule has 2 unspecified atom stereocenters. The number of carbonyl (C=O) groups is 1. The van der Waals surface area contributed by atoms with Gasteiger partial charge in [0.1, 0.15) is 6.04 Å². The van der Waals surface area contributed by atoms with Crippen LogP contribution in [0.2, 0.25) is 0 Å². The van der Waals surface area contributed by atoms with Crippen LogP contribution in [0.4, 0.5) is 0 Å². The third-order valence-electron chi connectivity index (χ3n) is 1.83. The standard InChI is InChI=1S/C8H14N2O4S/c1-3-4-7(8(11)12)10-15(13,14)6(2)5-9/h6-7,10H,3-4H2,1-2H3,(H,11,12). The summed E-state index contributed by atoms with van der Waals surface area (Å²) in [7, 11) is -3.87. The molecule has 15 heavy (non-hydrogen) atoms. The van der Waals surface area contributed by atoms with Crippen molar-refractivity contribution < 1.29 is 18.3 Å². The van der Waals surface area contributed by atoms with E-state index in [4.69, 9.17) is 10.4 Å². The Morgan fingerprint density at radius 2 is 2.13 bits per heavy atom. The molecule has 0 fully saturated rings. The molecule has 2 N–H and O–H groups in total. The minimum absolute atomic E-state index is 0.201. The highest BCUT2D eigenvalue weighted by molar-refractivity contribution is 7.90. The number of nitriles is 1. The minimum Gasteiger partial charge on any atom is -0.480 e. The Bertz CT molecular complexity index is 357. The number of hydrogen-bond donors (Lipinski definition) is 2. The molecule has 0 saturated heterocycles. The predicted octanol–water partition coefficient (Wildman–Crippen LogP) is 0.0712. The van der Waals surface area contributed by atoms with Gasteiger partial charge in [-0.3, -0.25) is 4.79 Å². The van der Waals surface area contributed by atoms with Crippen LogP contribution in [0, 0.1) is 11.3 Å². The van der Waals surface area contributed by atoms with Crippen LogP contribution in [0.1, 0.15) is 26.7 Å². The van der Waals surface area contributed by atoms with E-state index in [1.54, 1.807) is 13.0 Å². The monoisotopic (exact) mass is 234 g/mol. The zero-order valence-electron chi connectivity index (χ0n) is 8.60. The van der Waals surface area contributed by atoms with Crippen molar-refractivity contribution >= 4 is 16.0 Å². The minimum atomic E-state index is -3.87. The van der Waals surface area contributed by atoms with E-state index in [1.165, 1.54) is 6.92 Å². The highest BCUT2D eigenvalue weighted by atomic mass is 32.2. The third-order valence-corrected chi connectivity index (χ3v) is 3.48. The van der Waals surface area contributed by atoms with E-state index in [1.807, 2.05) is 4.72 Å². The first-order valence-corrected chi connectivity index (χ1v) is 6.03. The molecule has 0 bridgehead atoms. The lowest BCUT2D eigenvalue weighted by molar-refractivity contribution is -0.139. The van der Waals surface area contributed by atoms with Crippen molar-refractivity contribution in [1.82, 2.24) is 4.72 Å². The van der Waals surface area contributed by atoms with Gasteiger partial charge < -0.3 is 5.11 Å². The van der Waals surface area contributed by atoms with Crippen molar-refractivity contribution in [2.24, 2.45) is 0 Å². The van der Waals surface area contributed by atoms with Gasteiger partial charge in [-0.05, 0) is 13.3 Å². The van der Waals surface area contributed by atoms with Crippen LogP contribution in [-0.4, -0.2) is 30.8 Å². The lowest BCUT2D eigenvalue weighted by Crippen LogP contribution is -2.43. The second-order valence-electron chi connectivity index (χ2n) is 3.11. The molecule has 7 heteroatoms. The van der Waals surface area contributed by atoms with E-state index in [9.17, 15) is 13.2 Å². The van der Waals surface area contributed by atoms with Crippen LogP contribution in [-0.2, 0) is 14.8 Å². The summed E-state index contributed by atoms with van der Waals surface area (Å²) >= 11 is 0. The average molecular weight is 234 g/mol. The van der Waals surface area contributed by atoms with Crippen LogP contribution >= 0.6 is 0 Å². The summed E-state index contributed by atoms with van der Waals surface area (Å²) in [4.78, 5) is 10.7. The molecule has 0 heterocycles. The summed E-state index contributed by atoms with van der Waals surface area (Å²) in [5.74, 6) is -1.23. The Labute approximate surface area is 89.0 Å². The summed E-state index contributed by atoms with van der Waals surface area (Å²) < 4.78 is 24.7. The van der Waals surface area contributed by atoms with Gasteiger partial charge in [-0.25, -0.2) is 8.42 Å². The molecule has 86 valence electrons. The zero-order chi connectivity index (χ0) is 12.1. The second-order valence-corrected chi connectivity index (χ2v) is 5.15. The Morgan fingerprint density at radius 1 is 1.60 bits per heavy atom. The molecule has 0 radical (unpaired) electrons. The van der Waals surface area contributed by atoms with Crippen LogP contribution in [0.15, 0.2) is 0 Å². The number of carboxylic acid groups (broad SMARTS) is 1. The first-order chi connectivity index (χ1) is 6.85. The van der Waals surface area contributed by atoms with E-state index in [0.29, 0.717) is 6.42 Å². The molecule has 6 nitrogen and oxygen atoms in total. The Morgan fingerprint density at radius 3 is 2.47 bits per heavy atom. The van der Waals surface area contributed by atoms with Crippen molar-refractivity contribution in [3.05, 3.63) is 0 Å². The number of nitrogens with zero attached hydrogens (tertiary/aromatic N) is 1. The van der Waals surface area contributed by atoms with Crippen molar-refractivity contribution in [2.45, 2.75) is 38.0 Å². The fraction of sp³-hybridized carbons (Fsp3) is 0.750. The molecule has 0 rings (SSSR count). The average Bonchev–Trinajstić information content (AvgIpc) is 2.15. The van der Waals surface area contributed by atoms with Crippen LogP contribution in [0.3, 0.4) is 0 Å². The summed E-state index contributed by atoms with van der Waals surface area (Å²) in [5.41, 5.74) is 0. The van der Waals surface area contributed by atoms with Crippen molar-refractivity contribution in [3.63, 3.8) is 0 Å². The van der Waals surface area contributed by atoms with Gasteiger partial charge in [-0.1, -0.05) is 13.3 Å². The maximum absolute atomic E-state index is 11.4. The molecule has 0 aliphatic rings. The normalized spacial score (nSPS) is 15.3. The lowest BCUT2D eigenvalue weighted by Gasteiger charge is -2.14. The third kappa shape index (κ3) is 4.27. The van der Waals surface area contributed by atoms with Gasteiger partial charge in [0.15, 0.2) is 5.25 Å². The van der Waals surface area contributed by atoms with Gasteiger partial charge in [0.25, 0.3) is 0 Å². The second kappa shape index (κ2) is 5.68. The maximum atomic E-state index is 11.4. The molecule has 0 aromatic carbocycles. The quantitative estimate of drug-likeness (QED) is 0.676. The van der Waals surface area contributed by atoms with E-state index in [0.717, 1.165) is 0 Å². The molecule has 0 aromatic rings. The van der Waals surface area contributed by atoms with Gasteiger partial charge in [-0.15, -0.1) is 0 Å². The van der Waals surface area contributed by atoms with Crippen LogP contribution in [0.5, 0.6) is 0 Å². The highest BCUT2D eigenvalue weighted by Crippen LogP contribution is 2.03. The summed E-state index contributed by atoms with van der Waals surface area (Å²) in [6.45, 7) is 2.95. The van der Waals surface area contributed by atoms with Gasteiger partial charge in [0, 0.05) is 0 Å².